The molecular weight excluding hydrogens is 366 g/mol. The lowest BCUT2D eigenvalue weighted by molar-refractivity contribution is 0.0626. The third kappa shape index (κ3) is 2.71. The van der Waals surface area contributed by atoms with E-state index in [2.05, 4.69) is 10.1 Å². The molecule has 7 nitrogen and oxygen atoms in total. The molecule has 2 fully saturated rings. The SMILES string of the molecule is Cn1cc(Cl)c(C(=O)N2CCCC3(CCc4c3nc(C3CC3)[nH]c4=O)C2)n1. The maximum atomic E-state index is 13.0. The summed E-state index contributed by atoms with van der Waals surface area (Å²) in [5, 5.41) is 4.60. The van der Waals surface area contributed by atoms with Crippen LogP contribution in [0.2, 0.25) is 5.02 Å². The summed E-state index contributed by atoms with van der Waals surface area (Å²) in [4.78, 5) is 35.3. The average molecular weight is 388 g/mol. The van der Waals surface area contributed by atoms with E-state index < -0.39 is 0 Å². The first-order valence-corrected chi connectivity index (χ1v) is 9.97. The number of aromatic amines is 1. The number of nitrogens with zero attached hydrogens (tertiary/aromatic N) is 4. The summed E-state index contributed by atoms with van der Waals surface area (Å²) in [6.07, 6.45) is 7.28. The summed E-state index contributed by atoms with van der Waals surface area (Å²) in [5.74, 6) is 1.09. The minimum Gasteiger partial charge on any atom is -0.336 e. The Morgan fingerprint density at radius 3 is 2.89 bits per heavy atom. The van der Waals surface area contributed by atoms with Crippen molar-refractivity contribution in [1.82, 2.24) is 24.6 Å². The van der Waals surface area contributed by atoms with Gasteiger partial charge in [-0.05, 0) is 38.5 Å². The van der Waals surface area contributed by atoms with Crippen molar-refractivity contribution in [2.45, 2.75) is 49.9 Å². The van der Waals surface area contributed by atoms with Gasteiger partial charge in [0.2, 0.25) is 0 Å². The fraction of sp³-hybridized carbons (Fsp3) is 0.579. The van der Waals surface area contributed by atoms with Gasteiger partial charge < -0.3 is 9.88 Å². The molecule has 1 spiro atoms. The molecule has 0 radical (unpaired) electrons. The van der Waals surface area contributed by atoms with Crippen molar-refractivity contribution in [2.24, 2.45) is 7.05 Å². The maximum Gasteiger partial charge on any atom is 0.275 e. The van der Waals surface area contributed by atoms with Crippen LogP contribution in [0.15, 0.2) is 11.0 Å². The van der Waals surface area contributed by atoms with Crippen molar-refractivity contribution >= 4 is 17.5 Å². The molecule has 1 saturated carbocycles. The molecule has 8 heteroatoms. The molecule has 27 heavy (non-hydrogen) atoms. The van der Waals surface area contributed by atoms with E-state index in [-0.39, 0.29) is 16.9 Å². The average Bonchev–Trinajstić information content (AvgIpc) is 3.37. The molecule has 0 aromatic carbocycles. The van der Waals surface area contributed by atoms with Crippen molar-refractivity contribution < 1.29 is 4.79 Å². The smallest absolute Gasteiger partial charge is 0.275 e. The van der Waals surface area contributed by atoms with Gasteiger partial charge in [-0.25, -0.2) is 4.98 Å². The van der Waals surface area contributed by atoms with Crippen molar-refractivity contribution in [1.29, 1.82) is 0 Å². The summed E-state index contributed by atoms with van der Waals surface area (Å²) in [5.41, 5.74) is 1.83. The first kappa shape index (κ1) is 17.0. The number of rotatable bonds is 2. The normalized spacial score (nSPS) is 24.4. The summed E-state index contributed by atoms with van der Waals surface area (Å²) in [6.45, 7) is 1.26. The quantitative estimate of drug-likeness (QED) is 0.855. The van der Waals surface area contributed by atoms with Crippen LogP contribution in [0.3, 0.4) is 0 Å². The van der Waals surface area contributed by atoms with Crippen LogP contribution in [-0.2, 0) is 18.9 Å². The highest BCUT2D eigenvalue weighted by atomic mass is 35.5. The molecule has 1 aliphatic heterocycles. The molecule has 2 aromatic rings. The first-order valence-electron chi connectivity index (χ1n) is 9.59. The van der Waals surface area contributed by atoms with Gasteiger partial charge in [-0.3, -0.25) is 14.3 Å². The van der Waals surface area contributed by atoms with Crippen LogP contribution < -0.4 is 5.56 Å². The lowest BCUT2D eigenvalue weighted by atomic mass is 9.77. The summed E-state index contributed by atoms with van der Waals surface area (Å²) < 4.78 is 1.56. The number of carbonyl (C=O) groups is 1. The minimum atomic E-state index is -0.220. The second-order valence-corrected chi connectivity index (χ2v) is 8.57. The van der Waals surface area contributed by atoms with Crippen LogP contribution in [-0.4, -0.2) is 43.6 Å². The lowest BCUT2D eigenvalue weighted by Gasteiger charge is -2.40. The Kier molecular flexibility index (Phi) is 3.73. The fourth-order valence-electron chi connectivity index (χ4n) is 4.68. The number of amides is 1. The van der Waals surface area contributed by atoms with Crippen LogP contribution in [0, 0.1) is 0 Å². The Balaban J connectivity index is 1.49. The van der Waals surface area contributed by atoms with Crippen LogP contribution in [0.4, 0.5) is 0 Å². The summed E-state index contributed by atoms with van der Waals surface area (Å²) >= 11 is 6.19. The Bertz CT molecular complexity index is 992. The van der Waals surface area contributed by atoms with Gasteiger partial charge in [0.25, 0.3) is 11.5 Å². The van der Waals surface area contributed by atoms with Gasteiger partial charge in [-0.15, -0.1) is 0 Å². The highest BCUT2D eigenvalue weighted by Gasteiger charge is 2.46. The number of piperidine rings is 1. The van der Waals surface area contributed by atoms with Gasteiger partial charge in [0.15, 0.2) is 5.69 Å². The number of nitrogens with one attached hydrogen (secondary N) is 1. The number of aromatic nitrogens is 4. The largest absolute Gasteiger partial charge is 0.336 e. The van der Waals surface area contributed by atoms with Crippen LogP contribution in [0.5, 0.6) is 0 Å². The molecule has 0 bridgehead atoms. The van der Waals surface area contributed by atoms with Crippen molar-refractivity contribution in [3.05, 3.63) is 44.3 Å². The lowest BCUT2D eigenvalue weighted by Crippen LogP contribution is -2.48. The molecule has 5 rings (SSSR count). The second kappa shape index (κ2) is 5.92. The van der Waals surface area contributed by atoms with E-state index in [0.717, 1.165) is 55.6 Å². The number of H-pyrrole nitrogens is 1. The molecule has 1 atom stereocenters. The van der Waals surface area contributed by atoms with Crippen molar-refractivity contribution in [3.63, 3.8) is 0 Å². The van der Waals surface area contributed by atoms with Gasteiger partial charge in [0.05, 0.1) is 10.7 Å². The molecule has 3 aliphatic rings. The first-order chi connectivity index (χ1) is 13.0. The van der Waals surface area contributed by atoms with E-state index in [4.69, 9.17) is 16.6 Å². The molecule has 2 aliphatic carbocycles. The van der Waals surface area contributed by atoms with E-state index in [9.17, 15) is 9.59 Å². The Hall–Kier alpha value is -2.15. The second-order valence-electron chi connectivity index (χ2n) is 8.16. The van der Waals surface area contributed by atoms with Gasteiger partial charge in [0, 0.05) is 43.2 Å². The zero-order valence-corrected chi connectivity index (χ0v) is 16.1. The molecule has 1 amide bonds. The molecule has 142 valence electrons. The molecule has 1 unspecified atom stereocenters. The number of hydrogen-bond acceptors (Lipinski definition) is 4. The number of hydrogen-bond donors (Lipinski definition) is 1. The van der Waals surface area contributed by atoms with Gasteiger partial charge in [-0.1, -0.05) is 11.6 Å². The van der Waals surface area contributed by atoms with Crippen LogP contribution in [0.25, 0.3) is 0 Å². The Morgan fingerprint density at radius 2 is 2.19 bits per heavy atom. The van der Waals surface area contributed by atoms with E-state index >= 15 is 0 Å². The number of fused-ring (bicyclic) bond motifs is 2. The molecule has 2 aromatic heterocycles. The van der Waals surface area contributed by atoms with Crippen molar-refractivity contribution in [3.8, 4) is 0 Å². The van der Waals surface area contributed by atoms with Gasteiger partial charge in [-0.2, -0.15) is 5.10 Å². The van der Waals surface area contributed by atoms with E-state index in [1.54, 1.807) is 17.9 Å². The van der Waals surface area contributed by atoms with E-state index in [1.807, 2.05) is 4.90 Å². The third-order valence-corrected chi connectivity index (χ3v) is 6.48. The van der Waals surface area contributed by atoms with Crippen LogP contribution in [0.1, 0.15) is 65.6 Å². The predicted octanol–water partition coefficient (Wildman–Crippen LogP) is 2.15. The Morgan fingerprint density at radius 1 is 1.37 bits per heavy atom. The van der Waals surface area contributed by atoms with Crippen molar-refractivity contribution in [2.75, 3.05) is 13.1 Å². The molecular formula is C19H22ClN5O2. The summed E-state index contributed by atoms with van der Waals surface area (Å²) in [7, 11) is 1.75. The number of halogens is 1. The van der Waals surface area contributed by atoms with Gasteiger partial charge >= 0.3 is 0 Å². The molecule has 3 heterocycles. The number of aryl methyl sites for hydroxylation is 1. The maximum absolute atomic E-state index is 13.0. The minimum absolute atomic E-state index is 0.00926. The highest BCUT2D eigenvalue weighted by Crippen LogP contribution is 2.45. The zero-order valence-electron chi connectivity index (χ0n) is 15.3. The van der Waals surface area contributed by atoms with E-state index in [1.165, 1.54) is 0 Å². The highest BCUT2D eigenvalue weighted by molar-refractivity contribution is 6.33. The standard InChI is InChI=1S/C19H22ClN5O2/c1-24-9-13(20)14(23-24)18(27)25-8-2-6-19(10-25)7-5-12-15(19)21-16(11-3-4-11)22-17(12)26/h9,11H,2-8,10H2,1H3,(H,21,22,26). The van der Waals surface area contributed by atoms with E-state index in [0.29, 0.717) is 29.7 Å². The molecule has 1 saturated heterocycles. The number of carbonyl (C=O) groups excluding carboxylic acids is 1. The fourth-order valence-corrected chi connectivity index (χ4v) is 4.94. The third-order valence-electron chi connectivity index (χ3n) is 6.20. The van der Waals surface area contributed by atoms with Crippen LogP contribution >= 0.6 is 11.6 Å². The predicted molar refractivity (Wildman–Crippen MR) is 100 cm³/mol. The zero-order chi connectivity index (χ0) is 18.8. The molecule has 1 N–H and O–H groups in total. The topological polar surface area (TPSA) is 83.9 Å². The Labute approximate surface area is 161 Å². The summed E-state index contributed by atoms with van der Waals surface area (Å²) in [6, 6.07) is 0. The monoisotopic (exact) mass is 387 g/mol. The number of likely N-dealkylation sites (tertiary alicyclic amines) is 1. The van der Waals surface area contributed by atoms with Gasteiger partial charge in [0.1, 0.15) is 5.82 Å².